The first kappa shape index (κ1) is 12.2. The monoisotopic (exact) mass is 254 g/mol. The van der Waals surface area contributed by atoms with Gasteiger partial charge in [0.25, 0.3) is 0 Å². The lowest BCUT2D eigenvalue weighted by Gasteiger charge is -2.12. The fourth-order valence-electron chi connectivity index (χ4n) is 2.67. The minimum absolute atomic E-state index is 0.0968. The molecule has 2 N–H and O–H groups in total. The van der Waals surface area contributed by atoms with Crippen molar-refractivity contribution in [3.05, 3.63) is 47.2 Å². The zero-order valence-corrected chi connectivity index (χ0v) is 11.3. The molecule has 0 amide bonds. The summed E-state index contributed by atoms with van der Waals surface area (Å²) in [6.45, 7) is 4.73. The van der Waals surface area contributed by atoms with Gasteiger partial charge in [0.1, 0.15) is 11.9 Å². The Morgan fingerprint density at radius 3 is 2.95 bits per heavy atom. The van der Waals surface area contributed by atoms with E-state index >= 15 is 0 Å². The number of rotatable bonds is 2. The molecule has 0 aliphatic carbocycles. The van der Waals surface area contributed by atoms with Crippen LogP contribution >= 0.6 is 0 Å². The number of aromatic nitrogens is 1. The van der Waals surface area contributed by atoms with Crippen LogP contribution in [0.2, 0.25) is 0 Å². The quantitative estimate of drug-likeness (QED) is 0.896. The molecular formula is C16H18N2O. The van der Waals surface area contributed by atoms with E-state index in [-0.39, 0.29) is 6.10 Å². The molecule has 3 heteroatoms. The molecule has 2 aromatic rings. The molecule has 0 saturated carbocycles. The maximum Gasteiger partial charge on any atom is 0.132 e. The number of nitrogens with zero attached hydrogens (tertiary/aromatic N) is 1. The summed E-state index contributed by atoms with van der Waals surface area (Å²) in [5, 5.41) is 0. The lowest BCUT2D eigenvalue weighted by atomic mass is 9.99. The van der Waals surface area contributed by atoms with Gasteiger partial charge in [-0.15, -0.1) is 0 Å². The molecule has 3 nitrogen and oxygen atoms in total. The van der Waals surface area contributed by atoms with Gasteiger partial charge in [-0.05, 0) is 42.7 Å². The van der Waals surface area contributed by atoms with Gasteiger partial charge in [0.2, 0.25) is 0 Å². The lowest BCUT2D eigenvalue weighted by molar-refractivity contribution is 0.242. The van der Waals surface area contributed by atoms with E-state index in [1.807, 2.05) is 12.3 Å². The minimum atomic E-state index is 0.0968. The van der Waals surface area contributed by atoms with E-state index in [0.717, 1.165) is 29.0 Å². The molecule has 1 unspecified atom stereocenters. The molecule has 0 spiro atoms. The number of ether oxygens (including phenoxy) is 1. The molecule has 0 fully saturated rings. The van der Waals surface area contributed by atoms with Crippen LogP contribution in [0.3, 0.4) is 0 Å². The SMILES string of the molecule is Cc1cc2c(c(-c3ncccc3C)c1)OC(CN)C2. The molecule has 1 atom stereocenters. The predicted molar refractivity (Wildman–Crippen MR) is 76.3 cm³/mol. The smallest absolute Gasteiger partial charge is 0.132 e. The van der Waals surface area contributed by atoms with E-state index in [2.05, 4.69) is 37.0 Å². The second kappa shape index (κ2) is 4.67. The zero-order chi connectivity index (χ0) is 13.4. The molecule has 3 rings (SSSR count). The van der Waals surface area contributed by atoms with Crippen LogP contribution in [0.15, 0.2) is 30.5 Å². The van der Waals surface area contributed by atoms with Gasteiger partial charge in [-0.1, -0.05) is 12.1 Å². The highest BCUT2D eigenvalue weighted by Crippen LogP contribution is 2.39. The van der Waals surface area contributed by atoms with Crippen molar-refractivity contribution in [1.29, 1.82) is 0 Å². The molecule has 0 saturated heterocycles. The third-order valence-corrected chi connectivity index (χ3v) is 3.57. The largest absolute Gasteiger partial charge is 0.488 e. The van der Waals surface area contributed by atoms with Gasteiger partial charge >= 0.3 is 0 Å². The van der Waals surface area contributed by atoms with Crippen molar-refractivity contribution in [2.24, 2.45) is 5.73 Å². The molecule has 1 aromatic heterocycles. The highest BCUT2D eigenvalue weighted by atomic mass is 16.5. The number of hydrogen-bond acceptors (Lipinski definition) is 3. The van der Waals surface area contributed by atoms with Gasteiger partial charge in [-0.3, -0.25) is 4.98 Å². The topological polar surface area (TPSA) is 48.1 Å². The average Bonchev–Trinajstić information content (AvgIpc) is 2.81. The number of pyridine rings is 1. The van der Waals surface area contributed by atoms with Crippen LogP contribution in [0.1, 0.15) is 16.7 Å². The average molecular weight is 254 g/mol. The van der Waals surface area contributed by atoms with Gasteiger partial charge in [-0.2, -0.15) is 0 Å². The molecule has 19 heavy (non-hydrogen) atoms. The van der Waals surface area contributed by atoms with Gasteiger partial charge < -0.3 is 10.5 Å². The fourth-order valence-corrected chi connectivity index (χ4v) is 2.67. The number of fused-ring (bicyclic) bond motifs is 1. The van der Waals surface area contributed by atoms with Crippen LogP contribution in [0.4, 0.5) is 0 Å². The van der Waals surface area contributed by atoms with Crippen LogP contribution in [0.25, 0.3) is 11.3 Å². The molecule has 1 aliphatic heterocycles. The number of hydrogen-bond donors (Lipinski definition) is 1. The standard InChI is InChI=1S/C16H18N2O/c1-10-6-12-8-13(9-17)19-16(12)14(7-10)15-11(2)4-3-5-18-15/h3-7,13H,8-9,17H2,1-2H3. The maximum atomic E-state index is 5.99. The summed E-state index contributed by atoms with van der Waals surface area (Å²) in [7, 11) is 0. The van der Waals surface area contributed by atoms with Crippen LogP contribution in [-0.2, 0) is 6.42 Å². The van der Waals surface area contributed by atoms with Crippen LogP contribution < -0.4 is 10.5 Å². The Bertz CT molecular complexity index is 622. The van der Waals surface area contributed by atoms with Gasteiger partial charge in [0, 0.05) is 24.7 Å². The maximum absolute atomic E-state index is 5.99. The number of benzene rings is 1. The number of nitrogens with two attached hydrogens (primary N) is 1. The summed E-state index contributed by atoms with van der Waals surface area (Å²) in [4.78, 5) is 4.51. The van der Waals surface area contributed by atoms with Gasteiger partial charge in [0.05, 0.1) is 5.69 Å². The van der Waals surface area contributed by atoms with E-state index in [9.17, 15) is 0 Å². The summed E-state index contributed by atoms with van der Waals surface area (Å²) >= 11 is 0. The fraction of sp³-hybridized carbons (Fsp3) is 0.312. The summed E-state index contributed by atoms with van der Waals surface area (Å²) in [5.41, 5.74) is 11.5. The van der Waals surface area contributed by atoms with Crippen molar-refractivity contribution in [2.45, 2.75) is 26.4 Å². The molecule has 0 bridgehead atoms. The first-order valence-electron chi connectivity index (χ1n) is 6.61. The van der Waals surface area contributed by atoms with Gasteiger partial charge in [-0.25, -0.2) is 0 Å². The highest BCUT2D eigenvalue weighted by Gasteiger charge is 2.26. The first-order valence-corrected chi connectivity index (χ1v) is 6.61. The first-order chi connectivity index (χ1) is 9.19. The molecule has 1 aromatic carbocycles. The van der Waals surface area contributed by atoms with Gasteiger partial charge in [0.15, 0.2) is 0 Å². The van der Waals surface area contributed by atoms with Crippen molar-refractivity contribution in [3.63, 3.8) is 0 Å². The van der Waals surface area contributed by atoms with E-state index in [1.165, 1.54) is 11.1 Å². The van der Waals surface area contributed by atoms with Crippen molar-refractivity contribution in [2.75, 3.05) is 6.54 Å². The minimum Gasteiger partial charge on any atom is -0.488 e. The van der Waals surface area contributed by atoms with Crippen molar-refractivity contribution in [3.8, 4) is 17.0 Å². The molecule has 2 heterocycles. The van der Waals surface area contributed by atoms with E-state index in [1.54, 1.807) is 0 Å². The van der Waals surface area contributed by atoms with Crippen LogP contribution in [0.5, 0.6) is 5.75 Å². The Morgan fingerprint density at radius 1 is 1.37 bits per heavy atom. The molecule has 98 valence electrons. The summed E-state index contributed by atoms with van der Waals surface area (Å²) in [6.07, 6.45) is 2.82. The van der Waals surface area contributed by atoms with E-state index < -0.39 is 0 Å². The number of aryl methyl sites for hydroxylation is 2. The zero-order valence-electron chi connectivity index (χ0n) is 11.3. The predicted octanol–water partition coefficient (Wildman–Crippen LogP) is 2.63. The van der Waals surface area contributed by atoms with Crippen molar-refractivity contribution < 1.29 is 4.74 Å². The van der Waals surface area contributed by atoms with Crippen LogP contribution in [-0.4, -0.2) is 17.6 Å². The summed E-state index contributed by atoms with van der Waals surface area (Å²) in [6, 6.07) is 8.37. The Labute approximate surface area is 113 Å². The van der Waals surface area contributed by atoms with Crippen molar-refractivity contribution in [1.82, 2.24) is 4.98 Å². The Kier molecular flexibility index (Phi) is 2.99. The molecule has 1 aliphatic rings. The normalized spacial score (nSPS) is 17.1. The lowest BCUT2D eigenvalue weighted by Crippen LogP contribution is -2.24. The van der Waals surface area contributed by atoms with E-state index in [4.69, 9.17) is 10.5 Å². The highest BCUT2D eigenvalue weighted by molar-refractivity contribution is 5.73. The Hall–Kier alpha value is -1.87. The van der Waals surface area contributed by atoms with Crippen molar-refractivity contribution >= 4 is 0 Å². The Morgan fingerprint density at radius 2 is 2.21 bits per heavy atom. The second-order valence-electron chi connectivity index (χ2n) is 5.15. The summed E-state index contributed by atoms with van der Waals surface area (Å²) < 4.78 is 5.99. The third kappa shape index (κ3) is 2.10. The molecule has 0 radical (unpaired) electrons. The van der Waals surface area contributed by atoms with Crippen LogP contribution in [0, 0.1) is 13.8 Å². The third-order valence-electron chi connectivity index (χ3n) is 3.57. The van der Waals surface area contributed by atoms with E-state index in [0.29, 0.717) is 6.54 Å². The second-order valence-corrected chi connectivity index (χ2v) is 5.15. The Balaban J connectivity index is 2.16. The molecular weight excluding hydrogens is 236 g/mol. The summed E-state index contributed by atoms with van der Waals surface area (Å²) in [5.74, 6) is 0.961.